The Kier molecular flexibility index (Phi) is 5.02. The molecule has 0 saturated heterocycles. The van der Waals surface area contributed by atoms with Crippen molar-refractivity contribution in [2.75, 3.05) is 11.9 Å². The highest BCUT2D eigenvalue weighted by atomic mass is 16.5. The van der Waals surface area contributed by atoms with Gasteiger partial charge in [-0.3, -0.25) is 9.59 Å². The summed E-state index contributed by atoms with van der Waals surface area (Å²) in [6, 6.07) is 5.45. The fourth-order valence-electron chi connectivity index (χ4n) is 3.95. The molecule has 0 radical (unpaired) electrons. The summed E-state index contributed by atoms with van der Waals surface area (Å²) in [6.07, 6.45) is 5.86. The van der Waals surface area contributed by atoms with Crippen LogP contribution in [0.3, 0.4) is 0 Å². The summed E-state index contributed by atoms with van der Waals surface area (Å²) in [5, 5.41) is 9.99. The van der Waals surface area contributed by atoms with Crippen LogP contribution < -0.4 is 15.4 Å². The Labute approximate surface area is 163 Å². The lowest BCUT2D eigenvalue weighted by molar-refractivity contribution is -0.125. The quantitative estimate of drug-likeness (QED) is 0.821. The fourth-order valence-corrected chi connectivity index (χ4v) is 3.95. The minimum absolute atomic E-state index is 0.0232. The van der Waals surface area contributed by atoms with E-state index in [-0.39, 0.29) is 18.4 Å². The first-order valence-corrected chi connectivity index (χ1v) is 9.71. The number of hydrogen-bond donors (Lipinski definition) is 2. The summed E-state index contributed by atoms with van der Waals surface area (Å²) in [7, 11) is 0. The molecule has 1 aromatic carbocycles. The molecule has 4 rings (SSSR count). The molecule has 2 aliphatic rings. The number of aromatic nitrogens is 2. The summed E-state index contributed by atoms with van der Waals surface area (Å²) in [5.74, 6) is 1.46. The van der Waals surface area contributed by atoms with Crippen LogP contribution in [-0.4, -0.2) is 28.6 Å². The summed E-state index contributed by atoms with van der Waals surface area (Å²) < 4.78 is 10.8. The molecular formula is C20H24N4O4. The van der Waals surface area contributed by atoms with Gasteiger partial charge in [-0.15, -0.1) is 0 Å². The predicted octanol–water partition coefficient (Wildman–Crippen LogP) is 2.62. The molecule has 1 aliphatic carbocycles. The van der Waals surface area contributed by atoms with Gasteiger partial charge in [-0.2, -0.15) is 4.98 Å². The van der Waals surface area contributed by atoms with Crippen molar-refractivity contribution >= 4 is 17.5 Å². The zero-order chi connectivity index (χ0) is 19.6. The zero-order valence-corrected chi connectivity index (χ0v) is 15.9. The number of nitrogens with zero attached hydrogens (tertiary/aromatic N) is 2. The van der Waals surface area contributed by atoms with E-state index in [1.165, 1.54) is 0 Å². The average Bonchev–Trinajstić information content (AvgIpc) is 3.14. The van der Waals surface area contributed by atoms with Crippen LogP contribution >= 0.6 is 0 Å². The van der Waals surface area contributed by atoms with Gasteiger partial charge in [-0.05, 0) is 43.0 Å². The monoisotopic (exact) mass is 384 g/mol. The van der Waals surface area contributed by atoms with Crippen LogP contribution in [0.15, 0.2) is 22.7 Å². The molecule has 1 saturated carbocycles. The molecular weight excluding hydrogens is 360 g/mol. The molecule has 148 valence electrons. The molecule has 0 bridgehead atoms. The van der Waals surface area contributed by atoms with Crippen molar-refractivity contribution in [3.8, 4) is 5.75 Å². The van der Waals surface area contributed by atoms with Crippen molar-refractivity contribution < 1.29 is 18.8 Å². The first-order valence-electron chi connectivity index (χ1n) is 9.71. The van der Waals surface area contributed by atoms with E-state index in [0.29, 0.717) is 30.3 Å². The molecule has 0 atom stereocenters. The summed E-state index contributed by atoms with van der Waals surface area (Å²) in [4.78, 5) is 28.4. The second-order valence-corrected chi connectivity index (χ2v) is 7.48. The van der Waals surface area contributed by atoms with Crippen LogP contribution in [0.25, 0.3) is 0 Å². The standard InChI is InChI=1S/C20H24N4O4/c1-13-21-19(24-28-13)20(9-3-2-4-10-20)23-18(26)12-27-15-6-7-16-14(11-15)5-8-17(25)22-16/h6-7,11H,2-5,8-10,12H2,1H3,(H,22,25)(H,23,26). The van der Waals surface area contributed by atoms with Crippen LogP contribution in [0.4, 0.5) is 5.69 Å². The van der Waals surface area contributed by atoms with Crippen molar-refractivity contribution in [1.82, 2.24) is 15.5 Å². The number of rotatable bonds is 5. The number of benzene rings is 1. The smallest absolute Gasteiger partial charge is 0.258 e. The van der Waals surface area contributed by atoms with Crippen molar-refractivity contribution in [3.63, 3.8) is 0 Å². The van der Waals surface area contributed by atoms with E-state index in [2.05, 4.69) is 20.8 Å². The van der Waals surface area contributed by atoms with Gasteiger partial charge < -0.3 is 19.9 Å². The lowest BCUT2D eigenvalue weighted by Gasteiger charge is -2.35. The van der Waals surface area contributed by atoms with Gasteiger partial charge in [-0.25, -0.2) is 0 Å². The third-order valence-electron chi connectivity index (χ3n) is 5.38. The highest BCUT2D eigenvalue weighted by molar-refractivity contribution is 5.94. The number of ether oxygens (including phenoxy) is 1. The van der Waals surface area contributed by atoms with E-state index in [1.54, 1.807) is 13.0 Å². The lowest BCUT2D eigenvalue weighted by atomic mass is 9.81. The van der Waals surface area contributed by atoms with Crippen molar-refractivity contribution in [1.29, 1.82) is 0 Å². The molecule has 2 amide bonds. The van der Waals surface area contributed by atoms with Crippen LogP contribution in [0.1, 0.15) is 55.8 Å². The van der Waals surface area contributed by atoms with Crippen LogP contribution in [0.2, 0.25) is 0 Å². The third-order valence-corrected chi connectivity index (χ3v) is 5.38. The van der Waals surface area contributed by atoms with E-state index < -0.39 is 5.54 Å². The minimum Gasteiger partial charge on any atom is -0.484 e. The van der Waals surface area contributed by atoms with Gasteiger partial charge in [0.2, 0.25) is 11.8 Å². The zero-order valence-electron chi connectivity index (χ0n) is 15.9. The average molecular weight is 384 g/mol. The van der Waals surface area contributed by atoms with Crippen molar-refractivity contribution in [2.45, 2.75) is 57.4 Å². The number of amides is 2. The van der Waals surface area contributed by atoms with Gasteiger partial charge in [0.15, 0.2) is 12.4 Å². The molecule has 2 N–H and O–H groups in total. The van der Waals surface area contributed by atoms with Gasteiger partial charge >= 0.3 is 0 Å². The lowest BCUT2D eigenvalue weighted by Crippen LogP contribution is -2.49. The Morgan fingerprint density at radius 1 is 1.29 bits per heavy atom. The highest BCUT2D eigenvalue weighted by Gasteiger charge is 2.39. The van der Waals surface area contributed by atoms with Crippen molar-refractivity contribution in [3.05, 3.63) is 35.5 Å². The molecule has 0 unspecified atom stereocenters. The third kappa shape index (κ3) is 3.85. The second-order valence-electron chi connectivity index (χ2n) is 7.48. The number of nitrogens with one attached hydrogen (secondary N) is 2. The van der Waals surface area contributed by atoms with Crippen molar-refractivity contribution in [2.24, 2.45) is 0 Å². The van der Waals surface area contributed by atoms with E-state index in [4.69, 9.17) is 9.26 Å². The second kappa shape index (κ2) is 7.61. The maximum absolute atomic E-state index is 12.6. The van der Waals surface area contributed by atoms with Gasteiger partial charge in [0.1, 0.15) is 11.3 Å². The summed E-state index contributed by atoms with van der Waals surface area (Å²) in [6.45, 7) is 1.65. The Balaban J connectivity index is 1.41. The topological polar surface area (TPSA) is 106 Å². The van der Waals surface area contributed by atoms with Gasteiger partial charge in [0.25, 0.3) is 5.91 Å². The summed E-state index contributed by atoms with van der Waals surface area (Å²) >= 11 is 0. The number of aryl methyl sites for hydroxylation is 2. The van der Waals surface area contributed by atoms with E-state index in [1.807, 2.05) is 12.1 Å². The van der Waals surface area contributed by atoms with E-state index >= 15 is 0 Å². The fraction of sp³-hybridized carbons (Fsp3) is 0.500. The van der Waals surface area contributed by atoms with Gasteiger partial charge in [0.05, 0.1) is 0 Å². The molecule has 8 heteroatoms. The van der Waals surface area contributed by atoms with Gasteiger partial charge in [-0.1, -0.05) is 24.4 Å². The Morgan fingerprint density at radius 3 is 2.86 bits per heavy atom. The summed E-state index contributed by atoms with van der Waals surface area (Å²) in [5.41, 5.74) is 1.24. The Hall–Kier alpha value is -2.90. The molecule has 28 heavy (non-hydrogen) atoms. The molecule has 1 aliphatic heterocycles. The number of hydrogen-bond acceptors (Lipinski definition) is 6. The normalized spacial score (nSPS) is 18.1. The van der Waals surface area contributed by atoms with Crippen LogP contribution in [0, 0.1) is 6.92 Å². The molecule has 1 fully saturated rings. The van der Waals surface area contributed by atoms with Crippen LogP contribution in [0.5, 0.6) is 5.75 Å². The number of fused-ring (bicyclic) bond motifs is 1. The first kappa shape index (κ1) is 18.5. The minimum atomic E-state index is -0.587. The predicted molar refractivity (Wildman–Crippen MR) is 101 cm³/mol. The molecule has 8 nitrogen and oxygen atoms in total. The molecule has 2 aromatic rings. The Bertz CT molecular complexity index is 886. The SMILES string of the molecule is Cc1nc(C2(NC(=O)COc3ccc4c(c3)CCC(=O)N4)CCCCC2)no1. The molecule has 1 aromatic heterocycles. The molecule has 2 heterocycles. The maximum atomic E-state index is 12.6. The van der Waals surface area contributed by atoms with E-state index in [9.17, 15) is 9.59 Å². The van der Waals surface area contributed by atoms with E-state index in [0.717, 1.165) is 43.4 Å². The maximum Gasteiger partial charge on any atom is 0.258 e. The van der Waals surface area contributed by atoms with Crippen LogP contribution in [-0.2, 0) is 21.5 Å². The first-order chi connectivity index (χ1) is 13.5. The number of anilines is 1. The number of carbonyl (C=O) groups excluding carboxylic acids is 2. The number of carbonyl (C=O) groups is 2. The molecule has 0 spiro atoms. The van der Waals surface area contributed by atoms with Gasteiger partial charge in [0, 0.05) is 19.0 Å². The highest BCUT2D eigenvalue weighted by Crippen LogP contribution is 2.35. The Morgan fingerprint density at radius 2 is 2.11 bits per heavy atom. The largest absolute Gasteiger partial charge is 0.484 e.